The molecule has 0 aliphatic rings. The molecule has 0 saturated heterocycles. The summed E-state index contributed by atoms with van der Waals surface area (Å²) in [6, 6.07) is -0.784. The number of aryl methyl sites for hydroxylation is 1. The number of carboxylic acids is 1. The Bertz CT molecular complexity index is 617. The Morgan fingerprint density at radius 1 is 1.46 bits per heavy atom. The van der Waals surface area contributed by atoms with Crippen LogP contribution >= 0.6 is 7.82 Å². The summed E-state index contributed by atoms with van der Waals surface area (Å²) in [5, 5.41) is 22.2. The number of aromatic nitrogens is 1. The van der Waals surface area contributed by atoms with Crippen molar-refractivity contribution in [2.75, 3.05) is 0 Å². The van der Waals surface area contributed by atoms with Crippen molar-refractivity contribution in [1.82, 2.24) is 10.3 Å². The van der Waals surface area contributed by atoms with Gasteiger partial charge in [-0.15, -0.1) is 0 Å². The largest absolute Gasteiger partial charge is 0.506 e. The molecule has 0 fully saturated rings. The predicted molar refractivity (Wildman–Crippen MR) is 85.3 cm³/mol. The molecule has 0 bridgehead atoms. The van der Waals surface area contributed by atoms with Crippen LogP contribution in [0, 0.1) is 6.92 Å². The highest BCUT2D eigenvalue weighted by Crippen LogP contribution is 2.38. The van der Waals surface area contributed by atoms with E-state index in [2.05, 4.69) is 14.8 Å². The zero-order valence-corrected chi connectivity index (χ0v) is 14.5. The van der Waals surface area contributed by atoms with Crippen LogP contribution in [0.5, 0.6) is 5.75 Å². The molecule has 1 aromatic rings. The van der Waals surface area contributed by atoms with Crippen molar-refractivity contribution in [3.05, 3.63) is 23.0 Å². The van der Waals surface area contributed by atoms with Gasteiger partial charge in [-0.25, -0.2) is 4.57 Å². The molecule has 24 heavy (non-hydrogen) atoms. The number of aliphatic carboxylic acids is 1. The standard InChI is InChI=1S/C14H23N2O7P/c1-3-4-5-12(14(18)19)16-7-11-10(8-23-24(20,21)22)6-15-9(2)13(11)17/h6,12,16-17H,3-5,7-8H2,1-2H3,(H,18,19)(H2,20,21,22)/t12-/m1/s1. The van der Waals surface area contributed by atoms with Crippen molar-refractivity contribution < 1.29 is 33.9 Å². The van der Waals surface area contributed by atoms with Crippen LogP contribution in [0.3, 0.4) is 0 Å². The van der Waals surface area contributed by atoms with Crippen molar-refractivity contribution >= 4 is 13.8 Å². The van der Waals surface area contributed by atoms with Gasteiger partial charge in [-0.1, -0.05) is 19.8 Å². The Kier molecular flexibility index (Phi) is 7.78. The summed E-state index contributed by atoms with van der Waals surface area (Å²) >= 11 is 0. The fourth-order valence-electron chi connectivity index (χ4n) is 2.11. The maximum Gasteiger partial charge on any atom is 0.469 e. The number of aromatic hydroxyl groups is 1. The maximum atomic E-state index is 11.3. The Balaban J connectivity index is 2.93. The van der Waals surface area contributed by atoms with Crippen molar-refractivity contribution in [1.29, 1.82) is 0 Å². The van der Waals surface area contributed by atoms with Gasteiger partial charge in [0.1, 0.15) is 11.8 Å². The van der Waals surface area contributed by atoms with E-state index in [1.54, 1.807) is 6.92 Å². The fourth-order valence-corrected chi connectivity index (χ4v) is 2.41. The second-order valence-electron chi connectivity index (χ2n) is 5.37. The van der Waals surface area contributed by atoms with Gasteiger partial charge in [0.2, 0.25) is 0 Å². The van der Waals surface area contributed by atoms with Gasteiger partial charge in [0.05, 0.1) is 12.3 Å². The molecule has 1 heterocycles. The molecule has 136 valence electrons. The SMILES string of the molecule is CCCC[C@@H](NCc1c(COP(=O)(O)O)cnc(C)c1O)C(=O)O. The summed E-state index contributed by atoms with van der Waals surface area (Å²) in [6.45, 7) is 3.08. The van der Waals surface area contributed by atoms with Crippen molar-refractivity contribution in [2.24, 2.45) is 0 Å². The molecule has 1 atom stereocenters. The van der Waals surface area contributed by atoms with Gasteiger partial charge < -0.3 is 25.3 Å². The van der Waals surface area contributed by atoms with Crippen LogP contribution in [0.2, 0.25) is 0 Å². The number of unbranched alkanes of at least 4 members (excludes halogenated alkanes) is 1. The number of nitrogens with zero attached hydrogens (tertiary/aromatic N) is 1. The molecule has 0 aromatic carbocycles. The fraction of sp³-hybridized carbons (Fsp3) is 0.571. The molecule has 0 unspecified atom stereocenters. The van der Waals surface area contributed by atoms with E-state index in [1.807, 2.05) is 6.92 Å². The highest BCUT2D eigenvalue weighted by molar-refractivity contribution is 7.46. The predicted octanol–water partition coefficient (Wildman–Crippen LogP) is 1.44. The highest BCUT2D eigenvalue weighted by atomic mass is 31.2. The quantitative estimate of drug-likeness (QED) is 0.390. The molecular formula is C14H23N2O7P. The zero-order chi connectivity index (χ0) is 18.3. The van der Waals surface area contributed by atoms with Crippen molar-refractivity contribution in [3.8, 4) is 5.75 Å². The van der Waals surface area contributed by atoms with E-state index < -0.39 is 26.4 Å². The average molecular weight is 362 g/mol. The summed E-state index contributed by atoms with van der Waals surface area (Å²) in [6.07, 6.45) is 3.36. The minimum absolute atomic E-state index is 0.00965. The van der Waals surface area contributed by atoms with E-state index in [1.165, 1.54) is 6.20 Å². The molecule has 1 aromatic heterocycles. The molecule has 0 spiro atoms. The van der Waals surface area contributed by atoms with Crippen LogP contribution in [0.15, 0.2) is 6.20 Å². The van der Waals surface area contributed by atoms with E-state index in [0.29, 0.717) is 17.7 Å². The molecule has 10 heteroatoms. The van der Waals surface area contributed by atoms with Gasteiger partial charge in [0, 0.05) is 23.9 Å². The monoisotopic (exact) mass is 362 g/mol. The summed E-state index contributed by atoms with van der Waals surface area (Å²) in [4.78, 5) is 32.8. The van der Waals surface area contributed by atoms with Crippen LogP contribution in [0.1, 0.15) is 43.0 Å². The van der Waals surface area contributed by atoms with Gasteiger partial charge in [0.15, 0.2) is 0 Å². The highest BCUT2D eigenvalue weighted by Gasteiger charge is 2.21. The van der Waals surface area contributed by atoms with Crippen LogP contribution in [0.4, 0.5) is 0 Å². The lowest BCUT2D eigenvalue weighted by atomic mass is 10.1. The number of phosphoric acid groups is 1. The summed E-state index contributed by atoms with van der Waals surface area (Å²) < 4.78 is 15.3. The minimum atomic E-state index is -4.67. The Labute approximate surface area is 139 Å². The van der Waals surface area contributed by atoms with Crippen LogP contribution in [0.25, 0.3) is 0 Å². The Morgan fingerprint density at radius 2 is 2.12 bits per heavy atom. The van der Waals surface area contributed by atoms with E-state index >= 15 is 0 Å². The molecular weight excluding hydrogens is 339 g/mol. The van der Waals surface area contributed by atoms with E-state index in [-0.39, 0.29) is 17.9 Å². The normalized spacial score (nSPS) is 13.0. The molecule has 0 aliphatic heterocycles. The second kappa shape index (κ2) is 9.10. The van der Waals surface area contributed by atoms with Gasteiger partial charge in [-0.2, -0.15) is 0 Å². The molecule has 1 rings (SSSR count). The lowest BCUT2D eigenvalue weighted by Gasteiger charge is -2.17. The number of phosphoric ester groups is 1. The number of rotatable bonds is 10. The Hall–Kier alpha value is -1.51. The van der Waals surface area contributed by atoms with Crippen LogP contribution < -0.4 is 5.32 Å². The maximum absolute atomic E-state index is 11.3. The topological polar surface area (TPSA) is 149 Å². The molecule has 0 aliphatic carbocycles. The van der Waals surface area contributed by atoms with E-state index in [9.17, 15) is 19.6 Å². The molecule has 5 N–H and O–H groups in total. The third kappa shape index (κ3) is 6.54. The van der Waals surface area contributed by atoms with Crippen LogP contribution in [-0.2, 0) is 27.0 Å². The smallest absolute Gasteiger partial charge is 0.469 e. The molecule has 0 saturated carbocycles. The third-order valence-electron chi connectivity index (χ3n) is 3.49. The summed E-state index contributed by atoms with van der Waals surface area (Å²) in [7, 11) is -4.67. The number of hydrogen-bond donors (Lipinski definition) is 5. The van der Waals surface area contributed by atoms with Gasteiger partial charge in [-0.3, -0.25) is 14.3 Å². The first-order chi connectivity index (χ1) is 11.2. The molecule has 9 nitrogen and oxygen atoms in total. The Morgan fingerprint density at radius 3 is 2.67 bits per heavy atom. The summed E-state index contributed by atoms with van der Waals surface area (Å²) in [5.41, 5.74) is 0.902. The first-order valence-electron chi connectivity index (χ1n) is 7.48. The van der Waals surface area contributed by atoms with E-state index in [4.69, 9.17) is 9.79 Å². The van der Waals surface area contributed by atoms with Gasteiger partial charge in [0.25, 0.3) is 0 Å². The van der Waals surface area contributed by atoms with Crippen molar-refractivity contribution in [2.45, 2.75) is 52.3 Å². The van der Waals surface area contributed by atoms with Gasteiger partial charge in [-0.05, 0) is 13.3 Å². The minimum Gasteiger partial charge on any atom is -0.506 e. The summed E-state index contributed by atoms with van der Waals surface area (Å²) in [5.74, 6) is -1.16. The molecule has 0 amide bonds. The van der Waals surface area contributed by atoms with Crippen molar-refractivity contribution in [3.63, 3.8) is 0 Å². The lowest BCUT2D eigenvalue weighted by molar-refractivity contribution is -0.139. The second-order valence-corrected chi connectivity index (χ2v) is 6.61. The first kappa shape index (κ1) is 20.5. The zero-order valence-electron chi connectivity index (χ0n) is 13.6. The van der Waals surface area contributed by atoms with Gasteiger partial charge >= 0.3 is 13.8 Å². The average Bonchev–Trinajstić information content (AvgIpc) is 2.48. The lowest BCUT2D eigenvalue weighted by Crippen LogP contribution is -2.36. The van der Waals surface area contributed by atoms with E-state index in [0.717, 1.165) is 12.8 Å². The van der Waals surface area contributed by atoms with Crippen LogP contribution in [-0.4, -0.2) is 37.0 Å². The first-order valence-corrected chi connectivity index (χ1v) is 9.01. The number of nitrogens with one attached hydrogen (secondary N) is 1. The number of carbonyl (C=O) groups is 1. The number of carboxylic acid groups (broad SMARTS) is 1. The molecule has 0 radical (unpaired) electrons. The third-order valence-corrected chi connectivity index (χ3v) is 3.95. The number of pyridine rings is 1. The number of hydrogen-bond acceptors (Lipinski definition) is 6.